The summed E-state index contributed by atoms with van der Waals surface area (Å²) in [6.45, 7) is 2.55. The molecule has 27 heavy (non-hydrogen) atoms. The molecule has 0 radical (unpaired) electrons. The van der Waals surface area contributed by atoms with Gasteiger partial charge in [0, 0.05) is 24.0 Å². The first-order chi connectivity index (χ1) is 13.0. The maximum atomic E-state index is 10.5. The van der Waals surface area contributed by atoms with E-state index in [9.17, 15) is 15.0 Å². The topological polar surface area (TPSA) is 99.0 Å². The normalized spacial score (nSPS) is 25.5. The Kier molecular flexibility index (Phi) is 9.31. The predicted octanol–water partition coefficient (Wildman–Crippen LogP) is 3.30. The number of hydroxylamine groups is 1. The molecule has 0 spiro atoms. The summed E-state index contributed by atoms with van der Waals surface area (Å²) in [6.07, 6.45) is 11.8. The average Bonchev–Trinajstić information content (AvgIpc) is 2.86. The van der Waals surface area contributed by atoms with Crippen molar-refractivity contribution < 1.29 is 25.0 Å². The van der Waals surface area contributed by atoms with Crippen molar-refractivity contribution >= 4 is 5.97 Å². The number of aliphatic carboxylic acids is 1. The lowest BCUT2D eigenvalue weighted by atomic mass is 9.83. The fourth-order valence-electron chi connectivity index (χ4n) is 3.89. The minimum Gasteiger partial charge on any atom is -0.481 e. The first-order valence-electron chi connectivity index (χ1n) is 10.4. The Bertz CT molecular complexity index is 531. The van der Waals surface area contributed by atoms with Crippen molar-refractivity contribution in [2.45, 2.75) is 83.3 Å². The van der Waals surface area contributed by atoms with Crippen molar-refractivity contribution in [1.82, 2.24) is 5.48 Å². The minimum absolute atomic E-state index is 0.0473. The van der Waals surface area contributed by atoms with Crippen LogP contribution >= 0.6 is 0 Å². The molecule has 2 aliphatic rings. The van der Waals surface area contributed by atoms with Crippen LogP contribution in [0.5, 0.6) is 0 Å². The highest BCUT2D eigenvalue weighted by atomic mass is 16.6. The average molecular weight is 382 g/mol. The number of rotatable bonds is 14. The largest absolute Gasteiger partial charge is 0.481 e. The molecule has 1 saturated carbocycles. The molecule has 0 saturated heterocycles. The van der Waals surface area contributed by atoms with E-state index in [0.717, 1.165) is 31.4 Å². The highest BCUT2D eigenvalue weighted by Crippen LogP contribution is 2.48. The van der Waals surface area contributed by atoms with Crippen LogP contribution in [0.15, 0.2) is 23.4 Å². The molecule has 6 heteroatoms. The smallest absolute Gasteiger partial charge is 0.303 e. The van der Waals surface area contributed by atoms with Crippen LogP contribution in [-0.2, 0) is 9.63 Å². The summed E-state index contributed by atoms with van der Waals surface area (Å²) in [7, 11) is 0. The number of hydrogen-bond acceptors (Lipinski definition) is 5. The van der Waals surface area contributed by atoms with E-state index in [1.807, 2.05) is 12.2 Å². The zero-order valence-electron chi connectivity index (χ0n) is 16.4. The third kappa shape index (κ3) is 6.94. The number of allylic oxidation sites excluding steroid dienone is 1. The summed E-state index contributed by atoms with van der Waals surface area (Å²) >= 11 is 0. The number of aliphatic hydroxyl groups excluding tert-OH is 2. The third-order valence-electron chi connectivity index (χ3n) is 5.58. The van der Waals surface area contributed by atoms with Gasteiger partial charge in [0.1, 0.15) is 0 Å². The van der Waals surface area contributed by atoms with Gasteiger partial charge in [0.25, 0.3) is 0 Å². The molecule has 0 bridgehead atoms. The van der Waals surface area contributed by atoms with Gasteiger partial charge in [0.2, 0.25) is 0 Å². The lowest BCUT2D eigenvalue weighted by Crippen LogP contribution is -2.32. The van der Waals surface area contributed by atoms with Gasteiger partial charge in [-0.1, -0.05) is 51.2 Å². The van der Waals surface area contributed by atoms with E-state index in [1.165, 1.54) is 31.3 Å². The molecule has 4 N–H and O–H groups in total. The Labute approximate surface area is 162 Å². The summed E-state index contributed by atoms with van der Waals surface area (Å²) < 4.78 is 0. The van der Waals surface area contributed by atoms with Crippen LogP contribution < -0.4 is 5.48 Å². The molecule has 0 aliphatic heterocycles. The second kappa shape index (κ2) is 11.5. The van der Waals surface area contributed by atoms with Crippen LogP contribution in [-0.4, -0.2) is 40.1 Å². The van der Waals surface area contributed by atoms with E-state index in [1.54, 1.807) is 0 Å². The first kappa shape index (κ1) is 21.9. The quantitative estimate of drug-likeness (QED) is 0.209. The fourth-order valence-corrected chi connectivity index (χ4v) is 3.89. The zero-order valence-corrected chi connectivity index (χ0v) is 16.4. The van der Waals surface area contributed by atoms with E-state index < -0.39 is 18.2 Å². The van der Waals surface area contributed by atoms with Gasteiger partial charge in [0.15, 0.2) is 0 Å². The second-order valence-corrected chi connectivity index (χ2v) is 7.78. The molecule has 1 fully saturated rings. The molecular weight excluding hydrogens is 346 g/mol. The number of unbranched alkanes of at least 4 members (excludes halogenated alkanes) is 4. The lowest BCUT2D eigenvalue weighted by Gasteiger charge is -2.30. The Morgan fingerprint density at radius 3 is 2.78 bits per heavy atom. The van der Waals surface area contributed by atoms with Gasteiger partial charge in [-0.2, -0.15) is 0 Å². The number of carboxylic acids is 1. The number of nitrogens with one attached hydrogen (secondary N) is 1. The van der Waals surface area contributed by atoms with Crippen LogP contribution in [0.1, 0.15) is 71.1 Å². The van der Waals surface area contributed by atoms with Crippen LogP contribution in [0.25, 0.3) is 0 Å². The molecule has 6 nitrogen and oxygen atoms in total. The molecule has 0 aromatic carbocycles. The predicted molar refractivity (Wildman–Crippen MR) is 104 cm³/mol. The van der Waals surface area contributed by atoms with Crippen LogP contribution in [0.3, 0.4) is 0 Å². The van der Waals surface area contributed by atoms with Gasteiger partial charge in [0.05, 0.1) is 18.8 Å². The maximum absolute atomic E-state index is 10.5. The van der Waals surface area contributed by atoms with E-state index in [2.05, 4.69) is 12.4 Å². The van der Waals surface area contributed by atoms with Crippen LogP contribution in [0.2, 0.25) is 0 Å². The van der Waals surface area contributed by atoms with Crippen molar-refractivity contribution in [2.75, 3.05) is 6.61 Å². The molecule has 0 heterocycles. The molecule has 2 rings (SSSR count). The number of fused-ring (bicyclic) bond motifs is 1. The molecule has 0 amide bonds. The van der Waals surface area contributed by atoms with Crippen LogP contribution in [0, 0.1) is 11.8 Å². The monoisotopic (exact) mass is 381 g/mol. The molecular formula is C21H35NO5. The van der Waals surface area contributed by atoms with Crippen molar-refractivity contribution in [1.29, 1.82) is 0 Å². The Balaban J connectivity index is 1.68. The molecule has 0 aromatic rings. The summed E-state index contributed by atoms with van der Waals surface area (Å²) in [5.41, 5.74) is 5.13. The Morgan fingerprint density at radius 2 is 2.04 bits per heavy atom. The van der Waals surface area contributed by atoms with E-state index in [4.69, 9.17) is 9.94 Å². The van der Waals surface area contributed by atoms with Gasteiger partial charge < -0.3 is 15.3 Å². The van der Waals surface area contributed by atoms with Gasteiger partial charge in [-0.15, -0.1) is 0 Å². The summed E-state index contributed by atoms with van der Waals surface area (Å²) in [5, 5.41) is 29.2. The van der Waals surface area contributed by atoms with Gasteiger partial charge in [-0.05, 0) is 31.3 Å². The highest BCUT2D eigenvalue weighted by Gasteiger charge is 2.45. The molecule has 3 unspecified atom stereocenters. The summed E-state index contributed by atoms with van der Waals surface area (Å²) in [6, 6.07) is 0. The maximum Gasteiger partial charge on any atom is 0.303 e. The second-order valence-electron chi connectivity index (χ2n) is 7.78. The SMILES string of the molecule is CCCCCCCC(O)C=CC1CC2=C(NOCCCC(=O)O)C[C@H]2C1O. The standard InChI is InChI=1S/C21H35NO5/c1-2-3-4-5-6-8-16(23)11-10-15-13-17-18(21(15)26)14-19(17)22-27-12-7-9-20(24)25/h10-11,15-16,18,21-23,26H,2-9,12-14H2,1H3,(H,24,25)/t15?,16?,18-,21?/m1/s1. The van der Waals surface area contributed by atoms with Crippen molar-refractivity contribution in [2.24, 2.45) is 11.8 Å². The van der Waals surface area contributed by atoms with Crippen molar-refractivity contribution in [3.8, 4) is 0 Å². The lowest BCUT2D eigenvalue weighted by molar-refractivity contribution is -0.137. The van der Waals surface area contributed by atoms with Gasteiger partial charge >= 0.3 is 5.97 Å². The number of aliphatic hydroxyl groups is 2. The van der Waals surface area contributed by atoms with Crippen molar-refractivity contribution in [3.05, 3.63) is 23.4 Å². The third-order valence-corrected chi connectivity index (χ3v) is 5.58. The van der Waals surface area contributed by atoms with E-state index >= 15 is 0 Å². The number of carbonyl (C=O) groups is 1. The Hall–Kier alpha value is -1.37. The Morgan fingerprint density at radius 1 is 1.26 bits per heavy atom. The molecule has 2 aliphatic carbocycles. The molecule has 154 valence electrons. The van der Waals surface area contributed by atoms with Gasteiger partial charge in [-0.25, -0.2) is 0 Å². The summed E-state index contributed by atoms with van der Waals surface area (Å²) in [4.78, 5) is 15.8. The molecule has 0 aromatic heterocycles. The number of hydrogen-bond donors (Lipinski definition) is 4. The highest BCUT2D eigenvalue weighted by molar-refractivity contribution is 5.66. The summed E-state index contributed by atoms with van der Waals surface area (Å²) in [5.74, 6) is -0.594. The first-order valence-corrected chi connectivity index (χ1v) is 10.4. The van der Waals surface area contributed by atoms with E-state index in [0.29, 0.717) is 13.0 Å². The minimum atomic E-state index is -0.818. The zero-order chi connectivity index (χ0) is 19.6. The number of carboxylic acid groups (broad SMARTS) is 1. The molecule has 4 atom stereocenters. The van der Waals surface area contributed by atoms with Crippen LogP contribution in [0.4, 0.5) is 0 Å². The van der Waals surface area contributed by atoms with Crippen molar-refractivity contribution in [3.63, 3.8) is 0 Å². The fraction of sp³-hybridized carbons (Fsp3) is 0.762. The van der Waals surface area contributed by atoms with Gasteiger partial charge in [-0.3, -0.25) is 15.1 Å². The van der Waals surface area contributed by atoms with E-state index in [-0.39, 0.29) is 18.3 Å².